The summed E-state index contributed by atoms with van der Waals surface area (Å²) >= 11 is 0. The smallest absolute Gasteiger partial charge is 0.123 e. The normalized spacial score (nSPS) is 17.7. The van der Waals surface area contributed by atoms with Crippen LogP contribution in [0.25, 0.3) is 0 Å². The van der Waals surface area contributed by atoms with Gasteiger partial charge in [0.1, 0.15) is 5.75 Å². The van der Waals surface area contributed by atoms with Gasteiger partial charge in [-0.1, -0.05) is 12.1 Å². The van der Waals surface area contributed by atoms with Gasteiger partial charge >= 0.3 is 0 Å². The number of morpholine rings is 1. The third-order valence-corrected chi connectivity index (χ3v) is 4.85. The van der Waals surface area contributed by atoms with Gasteiger partial charge in [0.25, 0.3) is 0 Å². The second-order valence-corrected chi connectivity index (χ2v) is 6.73. The van der Waals surface area contributed by atoms with Gasteiger partial charge in [-0.05, 0) is 29.8 Å². The molecule has 1 aromatic carbocycles. The van der Waals surface area contributed by atoms with Gasteiger partial charge in [0.2, 0.25) is 0 Å². The number of benzene rings is 1. The van der Waals surface area contributed by atoms with E-state index < -0.39 is 0 Å². The predicted molar refractivity (Wildman–Crippen MR) is 103 cm³/mol. The topological polar surface area (TPSA) is 52.4 Å². The van der Waals surface area contributed by atoms with Crippen LogP contribution in [0.2, 0.25) is 0 Å². The van der Waals surface area contributed by atoms with Crippen molar-refractivity contribution < 1.29 is 9.47 Å². The minimum atomic E-state index is 0.0780. The van der Waals surface area contributed by atoms with Crippen LogP contribution in [-0.2, 0) is 17.8 Å². The Morgan fingerprint density at radius 3 is 2.93 bits per heavy atom. The van der Waals surface area contributed by atoms with Crippen LogP contribution in [0.1, 0.15) is 22.8 Å². The molecule has 1 aliphatic rings. The number of pyridine rings is 1. The van der Waals surface area contributed by atoms with Gasteiger partial charge in [-0.2, -0.15) is 5.10 Å². The molecule has 0 bridgehead atoms. The van der Waals surface area contributed by atoms with Crippen molar-refractivity contribution in [2.24, 2.45) is 0 Å². The van der Waals surface area contributed by atoms with E-state index in [1.165, 1.54) is 5.56 Å². The lowest BCUT2D eigenvalue weighted by molar-refractivity contribution is -0.0330. The van der Waals surface area contributed by atoms with Crippen molar-refractivity contribution in [2.45, 2.75) is 19.2 Å². The highest BCUT2D eigenvalue weighted by molar-refractivity contribution is 5.37. The second kappa shape index (κ2) is 8.33. The van der Waals surface area contributed by atoms with Crippen molar-refractivity contribution in [3.05, 3.63) is 77.9 Å². The van der Waals surface area contributed by atoms with Gasteiger partial charge in [0, 0.05) is 55.5 Å². The standard InChI is InChI=1S/C21H24N4O2/c1-26-20-6-5-17(12-19(20)15-25-9-3-8-23-25)14-24-10-11-27-21(16-24)18-4-2-7-22-13-18/h2-9,12-13,21H,10-11,14-16H2,1H3/t21-/m1/s1. The molecule has 6 heteroatoms. The van der Waals surface area contributed by atoms with Crippen molar-refractivity contribution in [3.63, 3.8) is 0 Å². The lowest BCUT2D eigenvalue weighted by atomic mass is 10.1. The quantitative estimate of drug-likeness (QED) is 0.673. The van der Waals surface area contributed by atoms with Crippen LogP contribution >= 0.6 is 0 Å². The Balaban J connectivity index is 1.47. The molecule has 1 atom stereocenters. The lowest BCUT2D eigenvalue weighted by Gasteiger charge is -2.33. The number of rotatable bonds is 6. The molecule has 6 nitrogen and oxygen atoms in total. The molecule has 27 heavy (non-hydrogen) atoms. The minimum absolute atomic E-state index is 0.0780. The summed E-state index contributed by atoms with van der Waals surface area (Å²) in [6.45, 7) is 4.11. The van der Waals surface area contributed by atoms with Gasteiger partial charge in [-0.25, -0.2) is 0 Å². The molecule has 0 amide bonds. The van der Waals surface area contributed by atoms with Crippen molar-refractivity contribution in [2.75, 3.05) is 26.8 Å². The van der Waals surface area contributed by atoms with E-state index in [1.54, 1.807) is 19.5 Å². The fourth-order valence-corrected chi connectivity index (χ4v) is 3.49. The van der Waals surface area contributed by atoms with E-state index in [1.807, 2.05) is 35.3 Å². The fourth-order valence-electron chi connectivity index (χ4n) is 3.49. The maximum atomic E-state index is 5.95. The number of nitrogens with zero attached hydrogens (tertiary/aromatic N) is 4. The van der Waals surface area contributed by atoms with E-state index >= 15 is 0 Å². The highest BCUT2D eigenvalue weighted by Gasteiger charge is 2.22. The van der Waals surface area contributed by atoms with Crippen LogP contribution in [0, 0.1) is 0 Å². The van der Waals surface area contributed by atoms with Gasteiger partial charge in [0.05, 0.1) is 26.4 Å². The zero-order chi connectivity index (χ0) is 18.5. The SMILES string of the molecule is COc1ccc(CN2CCO[C@@H](c3cccnc3)C2)cc1Cn1cccn1. The van der Waals surface area contributed by atoms with Gasteiger partial charge in [0.15, 0.2) is 0 Å². The average molecular weight is 364 g/mol. The second-order valence-electron chi connectivity index (χ2n) is 6.73. The summed E-state index contributed by atoms with van der Waals surface area (Å²) in [6, 6.07) is 12.4. The summed E-state index contributed by atoms with van der Waals surface area (Å²) < 4.78 is 13.4. The molecule has 140 valence electrons. The monoisotopic (exact) mass is 364 g/mol. The Labute approximate surface area is 159 Å². The number of ether oxygens (including phenoxy) is 2. The first-order valence-electron chi connectivity index (χ1n) is 9.19. The summed E-state index contributed by atoms with van der Waals surface area (Å²) in [5.74, 6) is 0.893. The molecule has 1 saturated heterocycles. The molecule has 0 unspecified atom stereocenters. The summed E-state index contributed by atoms with van der Waals surface area (Å²) in [5, 5.41) is 4.30. The molecule has 3 aromatic rings. The first-order valence-corrected chi connectivity index (χ1v) is 9.19. The molecule has 2 aromatic heterocycles. The summed E-state index contributed by atoms with van der Waals surface area (Å²) in [6.07, 6.45) is 7.52. The van der Waals surface area contributed by atoms with Crippen LogP contribution in [-0.4, -0.2) is 46.5 Å². The maximum absolute atomic E-state index is 5.95. The molecule has 0 radical (unpaired) electrons. The first kappa shape index (κ1) is 17.7. The largest absolute Gasteiger partial charge is 0.496 e. The van der Waals surface area contributed by atoms with Crippen LogP contribution in [0.4, 0.5) is 0 Å². The predicted octanol–water partition coefficient (Wildman–Crippen LogP) is 2.91. The van der Waals surface area contributed by atoms with E-state index in [9.17, 15) is 0 Å². The maximum Gasteiger partial charge on any atom is 0.123 e. The molecule has 1 aliphatic heterocycles. The Morgan fingerprint density at radius 1 is 1.19 bits per heavy atom. The highest BCUT2D eigenvalue weighted by atomic mass is 16.5. The zero-order valence-corrected chi connectivity index (χ0v) is 15.5. The molecule has 4 rings (SSSR count). The molecule has 3 heterocycles. The number of hydrogen-bond donors (Lipinski definition) is 0. The first-order chi connectivity index (χ1) is 13.3. The molecule has 0 aliphatic carbocycles. The van der Waals surface area contributed by atoms with Crippen molar-refractivity contribution >= 4 is 0 Å². The number of aromatic nitrogens is 3. The van der Waals surface area contributed by atoms with E-state index in [4.69, 9.17) is 9.47 Å². The van der Waals surface area contributed by atoms with Crippen molar-refractivity contribution in [1.29, 1.82) is 0 Å². The Morgan fingerprint density at radius 2 is 2.15 bits per heavy atom. The van der Waals surface area contributed by atoms with Crippen LogP contribution in [0.5, 0.6) is 5.75 Å². The third-order valence-electron chi connectivity index (χ3n) is 4.85. The lowest BCUT2D eigenvalue weighted by Crippen LogP contribution is -2.37. The van der Waals surface area contributed by atoms with Crippen LogP contribution in [0.3, 0.4) is 0 Å². The highest BCUT2D eigenvalue weighted by Crippen LogP contribution is 2.25. The van der Waals surface area contributed by atoms with E-state index in [0.717, 1.165) is 43.1 Å². The van der Waals surface area contributed by atoms with Gasteiger partial charge in [-0.15, -0.1) is 0 Å². The van der Waals surface area contributed by atoms with Crippen LogP contribution in [0.15, 0.2) is 61.2 Å². The average Bonchev–Trinajstić information content (AvgIpc) is 3.22. The Kier molecular flexibility index (Phi) is 5.46. The van der Waals surface area contributed by atoms with E-state index in [2.05, 4.69) is 33.2 Å². The van der Waals surface area contributed by atoms with Crippen LogP contribution < -0.4 is 4.74 Å². The van der Waals surface area contributed by atoms with E-state index in [-0.39, 0.29) is 6.10 Å². The van der Waals surface area contributed by atoms with E-state index in [0.29, 0.717) is 6.54 Å². The summed E-state index contributed by atoms with van der Waals surface area (Å²) in [5.41, 5.74) is 3.54. The Hall–Kier alpha value is -2.70. The summed E-state index contributed by atoms with van der Waals surface area (Å²) in [7, 11) is 1.71. The molecular formula is C21H24N4O2. The van der Waals surface area contributed by atoms with Gasteiger partial charge < -0.3 is 9.47 Å². The zero-order valence-electron chi connectivity index (χ0n) is 15.5. The Bertz CT molecular complexity index is 852. The molecule has 1 fully saturated rings. The molecule has 0 spiro atoms. The molecular weight excluding hydrogens is 340 g/mol. The number of hydrogen-bond acceptors (Lipinski definition) is 5. The third kappa shape index (κ3) is 4.35. The minimum Gasteiger partial charge on any atom is -0.496 e. The fraction of sp³-hybridized carbons (Fsp3) is 0.333. The van der Waals surface area contributed by atoms with Crippen molar-refractivity contribution in [1.82, 2.24) is 19.7 Å². The summed E-state index contributed by atoms with van der Waals surface area (Å²) in [4.78, 5) is 6.65. The van der Waals surface area contributed by atoms with Crippen molar-refractivity contribution in [3.8, 4) is 5.75 Å². The van der Waals surface area contributed by atoms with Gasteiger partial charge in [-0.3, -0.25) is 14.6 Å². The molecule has 0 saturated carbocycles. The number of methoxy groups -OCH3 is 1. The molecule has 0 N–H and O–H groups in total.